The molecule has 1 aromatic heterocycles. The smallest absolute Gasteiger partial charge is 0.239 e. The van der Waals surface area contributed by atoms with Crippen molar-refractivity contribution in [3.05, 3.63) is 40.6 Å². The van der Waals surface area contributed by atoms with Gasteiger partial charge < -0.3 is 133 Å². The zero-order valence-electron chi connectivity index (χ0n) is 39.1. The summed E-state index contributed by atoms with van der Waals surface area (Å²) in [4.78, 5) is 14.8. The molecule has 408 valence electrons. The van der Waals surface area contributed by atoms with E-state index in [1.54, 1.807) is 0 Å². The van der Waals surface area contributed by atoms with E-state index in [1.807, 2.05) is 0 Å². The first-order chi connectivity index (χ1) is 34.4. The molecule has 0 aliphatic carbocycles. The van der Waals surface area contributed by atoms with Gasteiger partial charge in [-0.3, -0.25) is 4.79 Å². The average Bonchev–Trinajstić information content (AvgIpc) is 3.35. The molecule has 5 aliphatic heterocycles. The molecule has 0 amide bonds. The minimum atomic E-state index is -2.20. The molecule has 16 N–H and O–H groups in total. The molecule has 28 nitrogen and oxygen atoms in total. The zero-order chi connectivity index (χ0) is 53.2. The number of benzene rings is 2. The van der Waals surface area contributed by atoms with Gasteiger partial charge in [0, 0.05) is 17.7 Å². The normalized spacial score (nSPS) is 43.4. The molecule has 73 heavy (non-hydrogen) atoms. The van der Waals surface area contributed by atoms with E-state index in [1.165, 1.54) is 27.7 Å². The average molecular weight is 1050 g/mol. The third-order valence-corrected chi connectivity index (χ3v) is 13.5. The minimum absolute atomic E-state index is 0.202. The molecule has 8 rings (SSSR count). The SMILES string of the molecule is C[C@@H]1O[C@@H](OC[C@H]2O[C@@H](Oc3c(-c4ccc(O)c(O)c4)oc4cc(O[C@@H]5O[C@@H](C)[C@H](O)[C@@H](O)[C@H]5O)cc(O)c4c3=O)[C@H](O[C@@H]3O[C@@H](C)[C@H](O)[C@@H](O[C@@H]4O[C@@H](C)[C@H](O)[C@@H](O)[C@H]4O)[C@H]3O)[C@@H](O)[C@H]2O)[C@H](O)[C@H](O)[C@H]1O. The molecule has 0 unspecified atom stereocenters. The van der Waals surface area contributed by atoms with E-state index in [0.717, 1.165) is 30.3 Å². The molecular weight excluding hydrogens is 988 g/mol. The minimum Gasteiger partial charge on any atom is -0.507 e. The van der Waals surface area contributed by atoms with E-state index in [4.69, 9.17) is 51.8 Å². The summed E-state index contributed by atoms with van der Waals surface area (Å²) in [6, 6.07) is 5.06. The first kappa shape index (κ1) is 55.1. The zero-order valence-corrected chi connectivity index (χ0v) is 39.1. The van der Waals surface area contributed by atoms with Crippen LogP contribution in [0.1, 0.15) is 27.7 Å². The number of phenols is 3. The largest absolute Gasteiger partial charge is 0.507 e. The lowest BCUT2D eigenvalue weighted by Gasteiger charge is -2.48. The number of fused-ring (bicyclic) bond motifs is 1. The summed E-state index contributed by atoms with van der Waals surface area (Å²) in [5.74, 6) is -3.99. The van der Waals surface area contributed by atoms with E-state index in [2.05, 4.69) is 0 Å². The number of hydrogen-bond donors (Lipinski definition) is 16. The molecule has 0 bridgehead atoms. The van der Waals surface area contributed by atoms with E-state index >= 15 is 0 Å². The van der Waals surface area contributed by atoms with Crippen LogP contribution in [0.4, 0.5) is 0 Å². The van der Waals surface area contributed by atoms with Gasteiger partial charge >= 0.3 is 0 Å². The molecule has 0 spiro atoms. The Labute approximate surface area is 412 Å². The fourth-order valence-electron chi connectivity index (χ4n) is 8.98. The highest BCUT2D eigenvalue weighted by atomic mass is 16.8. The monoisotopic (exact) mass is 1050 g/mol. The van der Waals surface area contributed by atoms with Crippen LogP contribution in [0.2, 0.25) is 0 Å². The van der Waals surface area contributed by atoms with Crippen molar-refractivity contribution in [2.75, 3.05) is 6.61 Å². The predicted molar refractivity (Wildman–Crippen MR) is 234 cm³/mol. The Morgan fingerprint density at radius 1 is 0.466 bits per heavy atom. The van der Waals surface area contributed by atoms with E-state index in [0.29, 0.717) is 0 Å². The molecular formula is C45H60O28. The van der Waals surface area contributed by atoms with Gasteiger partial charge in [-0.25, -0.2) is 0 Å². The van der Waals surface area contributed by atoms with Crippen molar-refractivity contribution in [2.45, 2.75) is 181 Å². The van der Waals surface area contributed by atoms with E-state index in [-0.39, 0.29) is 11.3 Å². The Balaban J connectivity index is 1.17. The molecule has 0 saturated carbocycles. The Bertz CT molecular complexity index is 2440. The topological polar surface area (TPSA) is 446 Å². The summed E-state index contributed by atoms with van der Waals surface area (Å²) in [6.07, 6.45) is -42.8. The predicted octanol–water partition coefficient (Wildman–Crippen LogP) is -5.48. The molecule has 25 atom stereocenters. The van der Waals surface area contributed by atoms with Gasteiger partial charge in [0.1, 0.15) is 114 Å². The Hall–Kier alpha value is -4.19. The summed E-state index contributed by atoms with van der Waals surface area (Å²) in [7, 11) is 0. The highest BCUT2D eigenvalue weighted by Gasteiger charge is 2.54. The van der Waals surface area contributed by atoms with Crippen LogP contribution in [0.5, 0.6) is 28.7 Å². The molecule has 5 fully saturated rings. The fourth-order valence-corrected chi connectivity index (χ4v) is 8.98. The first-order valence-corrected chi connectivity index (χ1v) is 23.1. The maximum atomic E-state index is 14.8. The summed E-state index contributed by atoms with van der Waals surface area (Å²) in [6.45, 7) is 4.63. The first-order valence-electron chi connectivity index (χ1n) is 23.1. The van der Waals surface area contributed by atoms with Gasteiger partial charge in [0.2, 0.25) is 23.8 Å². The lowest BCUT2D eigenvalue weighted by Crippen LogP contribution is -2.66. The summed E-state index contributed by atoms with van der Waals surface area (Å²) >= 11 is 0. The molecule has 28 heteroatoms. The Morgan fingerprint density at radius 3 is 1.59 bits per heavy atom. The van der Waals surface area contributed by atoms with Crippen molar-refractivity contribution in [1.29, 1.82) is 0 Å². The highest BCUT2D eigenvalue weighted by Crippen LogP contribution is 2.41. The van der Waals surface area contributed by atoms with Crippen molar-refractivity contribution >= 4 is 11.0 Å². The Kier molecular flexibility index (Phi) is 16.4. The molecule has 5 aliphatic rings. The van der Waals surface area contributed by atoms with Gasteiger partial charge in [-0.05, 0) is 45.9 Å². The van der Waals surface area contributed by atoms with Crippen LogP contribution in [0.25, 0.3) is 22.3 Å². The number of hydrogen-bond acceptors (Lipinski definition) is 28. The van der Waals surface area contributed by atoms with Gasteiger partial charge in [0.05, 0.1) is 31.0 Å². The number of aliphatic hydroxyl groups is 13. The fraction of sp³-hybridized carbons (Fsp3) is 0.667. The van der Waals surface area contributed by atoms with E-state index < -0.39 is 205 Å². The molecule has 0 radical (unpaired) electrons. The number of ether oxygens (including phenoxy) is 10. The number of aromatic hydroxyl groups is 3. The maximum absolute atomic E-state index is 14.8. The van der Waals surface area contributed by atoms with Crippen LogP contribution in [0, 0.1) is 0 Å². The Morgan fingerprint density at radius 2 is 0.986 bits per heavy atom. The van der Waals surface area contributed by atoms with Gasteiger partial charge in [-0.1, -0.05) is 0 Å². The number of rotatable bonds is 12. The van der Waals surface area contributed by atoms with Crippen molar-refractivity contribution in [3.63, 3.8) is 0 Å². The third-order valence-electron chi connectivity index (χ3n) is 13.5. The quantitative estimate of drug-likeness (QED) is 0.0753. The third kappa shape index (κ3) is 10.7. The van der Waals surface area contributed by atoms with Crippen LogP contribution < -0.4 is 14.9 Å². The van der Waals surface area contributed by atoms with Crippen LogP contribution in [-0.2, 0) is 37.9 Å². The van der Waals surface area contributed by atoms with Crippen LogP contribution in [0.3, 0.4) is 0 Å². The van der Waals surface area contributed by atoms with Crippen molar-refractivity contribution in [3.8, 4) is 40.1 Å². The second kappa shape index (κ2) is 21.8. The van der Waals surface area contributed by atoms with Crippen molar-refractivity contribution < 1.29 is 133 Å². The maximum Gasteiger partial charge on any atom is 0.239 e. The number of phenolic OH excluding ortho intramolecular Hbond substituents is 3. The second-order valence-electron chi connectivity index (χ2n) is 18.6. The molecule has 3 aromatic rings. The van der Waals surface area contributed by atoms with Gasteiger partial charge in [0.25, 0.3) is 0 Å². The van der Waals surface area contributed by atoms with Crippen LogP contribution in [-0.4, -0.2) is 242 Å². The summed E-state index contributed by atoms with van der Waals surface area (Å²) in [5.41, 5.74) is -1.87. The highest BCUT2D eigenvalue weighted by molar-refractivity contribution is 5.88. The van der Waals surface area contributed by atoms with Crippen LogP contribution in [0.15, 0.2) is 39.5 Å². The molecule has 2 aromatic carbocycles. The number of aliphatic hydroxyl groups excluding tert-OH is 13. The van der Waals surface area contributed by atoms with Gasteiger partial charge in [-0.15, -0.1) is 0 Å². The summed E-state index contributed by atoms with van der Waals surface area (Å²) < 4.78 is 63.8. The molecule has 6 heterocycles. The lowest BCUT2D eigenvalue weighted by atomic mass is 9.96. The standard InChI is InChI=1S/C45H60O28/c1-11-23(49)29(55)33(59)41(64-11)63-10-21-27(53)32(58)40(73-44-36(62)38(26(52)14(4)67-44)71-43-35(61)31(57)25(51)13(3)66-43)45(70-21)72-39-28(54)22-19(48)8-16(68-42-34(60)30(56)24(50)12(2)65-42)9-20(22)69-37(39)15-5-6-17(46)18(47)7-15/h5-9,11-14,21,23-27,29-36,38,40-53,55-62H,10H2,1-4H3/t11-,12-,13-,14-,21+,23-,24-,25-,26-,27-,29+,30+,31+,32-,33+,34+,35+,36+,38+,40+,41+,42-,43-,44-,45-/m0/s1. The van der Waals surface area contributed by atoms with Crippen molar-refractivity contribution in [1.82, 2.24) is 0 Å². The van der Waals surface area contributed by atoms with Gasteiger partial charge in [-0.2, -0.15) is 0 Å². The lowest BCUT2D eigenvalue weighted by molar-refractivity contribution is -0.378. The second-order valence-corrected chi connectivity index (χ2v) is 18.6. The van der Waals surface area contributed by atoms with Crippen molar-refractivity contribution in [2.24, 2.45) is 0 Å². The van der Waals surface area contributed by atoms with E-state index in [9.17, 15) is 86.5 Å². The molecule has 5 saturated heterocycles. The van der Waals surface area contributed by atoms with Gasteiger partial charge in [0.15, 0.2) is 42.2 Å². The van der Waals surface area contributed by atoms with Crippen LogP contribution >= 0.6 is 0 Å². The summed E-state index contributed by atoms with van der Waals surface area (Å²) in [5, 5.41) is 171.